The Balaban J connectivity index is 3.31. The van der Waals surface area contributed by atoms with E-state index in [-0.39, 0.29) is 18.3 Å². The maximum atomic E-state index is 11.1. The monoisotopic (exact) mass is 218 g/mol. The molecule has 15 heavy (non-hydrogen) atoms. The van der Waals surface area contributed by atoms with E-state index in [4.69, 9.17) is 15.7 Å². The van der Waals surface area contributed by atoms with Gasteiger partial charge >= 0.3 is 0 Å². The fraction of sp³-hybridized carbons (Fsp3) is 0.750. The third-order valence-electron chi connectivity index (χ3n) is 1.59. The van der Waals surface area contributed by atoms with Gasteiger partial charge in [0.1, 0.15) is 0 Å². The second-order valence-electron chi connectivity index (χ2n) is 2.86. The van der Waals surface area contributed by atoms with Crippen molar-refractivity contribution in [3.05, 3.63) is 0 Å². The van der Waals surface area contributed by atoms with E-state index in [1.165, 1.54) is 0 Å². The first-order valence-electron chi connectivity index (χ1n) is 4.63. The molecule has 0 saturated heterocycles. The van der Waals surface area contributed by atoms with Crippen molar-refractivity contribution in [1.29, 1.82) is 0 Å². The molecule has 0 aromatic heterocycles. The number of amides is 1. The SMILES string of the molecule is COCCNC(=O)CCNCC(N)=NO. The van der Waals surface area contributed by atoms with Gasteiger partial charge in [0.2, 0.25) is 5.91 Å². The fourth-order valence-corrected chi connectivity index (χ4v) is 0.835. The smallest absolute Gasteiger partial charge is 0.221 e. The number of hydrogen-bond acceptors (Lipinski definition) is 5. The molecule has 0 radical (unpaired) electrons. The van der Waals surface area contributed by atoms with Crippen LogP contribution in [0.5, 0.6) is 0 Å². The summed E-state index contributed by atoms with van der Waals surface area (Å²) in [5, 5.41) is 16.5. The Morgan fingerprint density at radius 1 is 1.53 bits per heavy atom. The number of rotatable bonds is 8. The summed E-state index contributed by atoms with van der Waals surface area (Å²) in [4.78, 5) is 11.1. The summed E-state index contributed by atoms with van der Waals surface area (Å²) < 4.78 is 4.77. The summed E-state index contributed by atoms with van der Waals surface area (Å²) >= 11 is 0. The van der Waals surface area contributed by atoms with Gasteiger partial charge in [0.05, 0.1) is 13.2 Å². The molecule has 0 heterocycles. The van der Waals surface area contributed by atoms with Gasteiger partial charge in [0, 0.05) is 26.6 Å². The predicted molar refractivity (Wildman–Crippen MR) is 55.8 cm³/mol. The van der Waals surface area contributed by atoms with Gasteiger partial charge in [-0.25, -0.2) is 0 Å². The van der Waals surface area contributed by atoms with Crippen molar-refractivity contribution in [2.75, 3.05) is 33.4 Å². The number of methoxy groups -OCH3 is 1. The topological polar surface area (TPSA) is 109 Å². The quantitative estimate of drug-likeness (QED) is 0.130. The number of amidine groups is 1. The Kier molecular flexibility index (Phi) is 8.40. The van der Waals surface area contributed by atoms with Crippen molar-refractivity contribution in [3.8, 4) is 0 Å². The molecule has 0 aliphatic heterocycles. The van der Waals surface area contributed by atoms with Crippen LogP contribution in [0.1, 0.15) is 6.42 Å². The van der Waals surface area contributed by atoms with Gasteiger partial charge in [0.15, 0.2) is 5.84 Å². The first-order chi connectivity index (χ1) is 7.20. The van der Waals surface area contributed by atoms with E-state index in [1.807, 2.05) is 0 Å². The molecule has 0 bridgehead atoms. The number of hydrogen-bond donors (Lipinski definition) is 4. The van der Waals surface area contributed by atoms with Crippen molar-refractivity contribution < 1.29 is 14.7 Å². The van der Waals surface area contributed by atoms with Crippen LogP contribution in [0, 0.1) is 0 Å². The minimum absolute atomic E-state index is 0.0564. The van der Waals surface area contributed by atoms with E-state index in [0.717, 1.165) is 0 Å². The minimum atomic E-state index is -0.0564. The molecule has 0 spiro atoms. The molecule has 0 saturated carbocycles. The average molecular weight is 218 g/mol. The molecular weight excluding hydrogens is 200 g/mol. The van der Waals surface area contributed by atoms with Gasteiger partial charge < -0.3 is 26.3 Å². The van der Waals surface area contributed by atoms with Crippen LogP contribution in [0.2, 0.25) is 0 Å². The standard InChI is InChI=1S/C8H18N4O3/c1-15-5-4-11-8(13)2-3-10-6-7(9)12-14/h10,14H,2-6H2,1H3,(H2,9,12)(H,11,13). The number of oxime groups is 1. The molecule has 5 N–H and O–H groups in total. The molecule has 0 aliphatic carbocycles. The largest absolute Gasteiger partial charge is 0.409 e. The van der Waals surface area contributed by atoms with Crippen LogP contribution in [-0.2, 0) is 9.53 Å². The first-order valence-corrected chi connectivity index (χ1v) is 4.63. The van der Waals surface area contributed by atoms with Crippen molar-refractivity contribution in [2.45, 2.75) is 6.42 Å². The van der Waals surface area contributed by atoms with E-state index >= 15 is 0 Å². The Bertz CT molecular complexity index is 208. The normalized spacial score (nSPS) is 11.4. The molecule has 0 aromatic rings. The van der Waals surface area contributed by atoms with Crippen LogP contribution in [0.15, 0.2) is 5.16 Å². The highest BCUT2D eigenvalue weighted by Gasteiger charge is 1.99. The van der Waals surface area contributed by atoms with Crippen LogP contribution < -0.4 is 16.4 Å². The predicted octanol–water partition coefficient (Wildman–Crippen LogP) is -1.52. The van der Waals surface area contributed by atoms with Crippen molar-refractivity contribution in [2.24, 2.45) is 10.9 Å². The van der Waals surface area contributed by atoms with Crippen LogP contribution in [0.25, 0.3) is 0 Å². The number of ether oxygens (including phenoxy) is 1. The maximum absolute atomic E-state index is 11.1. The summed E-state index contributed by atoms with van der Waals surface area (Å²) in [5.41, 5.74) is 5.21. The number of nitrogens with one attached hydrogen (secondary N) is 2. The zero-order valence-corrected chi connectivity index (χ0v) is 8.82. The lowest BCUT2D eigenvalue weighted by Gasteiger charge is -2.05. The van der Waals surface area contributed by atoms with Crippen molar-refractivity contribution in [1.82, 2.24) is 10.6 Å². The molecule has 0 atom stereocenters. The number of carbonyl (C=O) groups is 1. The zero-order valence-electron chi connectivity index (χ0n) is 8.82. The Labute approximate surface area is 88.7 Å². The second-order valence-corrected chi connectivity index (χ2v) is 2.86. The van der Waals surface area contributed by atoms with E-state index in [0.29, 0.717) is 26.1 Å². The van der Waals surface area contributed by atoms with Gasteiger partial charge in [0.25, 0.3) is 0 Å². The van der Waals surface area contributed by atoms with Gasteiger partial charge in [-0.05, 0) is 0 Å². The lowest BCUT2D eigenvalue weighted by Crippen LogP contribution is -2.33. The average Bonchev–Trinajstić information content (AvgIpc) is 2.24. The zero-order chi connectivity index (χ0) is 11.5. The third kappa shape index (κ3) is 8.98. The molecular formula is C8H18N4O3. The minimum Gasteiger partial charge on any atom is -0.409 e. The highest BCUT2D eigenvalue weighted by atomic mass is 16.5. The molecule has 7 heteroatoms. The summed E-state index contributed by atoms with van der Waals surface area (Å²) in [6, 6.07) is 0. The first kappa shape index (κ1) is 13.7. The van der Waals surface area contributed by atoms with E-state index < -0.39 is 0 Å². The summed E-state index contributed by atoms with van der Waals surface area (Å²) in [5.74, 6) is 0.0360. The fourth-order valence-electron chi connectivity index (χ4n) is 0.835. The molecule has 0 aromatic carbocycles. The summed E-state index contributed by atoms with van der Waals surface area (Å²) in [6.45, 7) is 1.76. The van der Waals surface area contributed by atoms with Gasteiger partial charge in [-0.3, -0.25) is 4.79 Å². The number of nitrogens with zero attached hydrogens (tertiary/aromatic N) is 1. The number of nitrogens with two attached hydrogens (primary N) is 1. The summed E-state index contributed by atoms with van der Waals surface area (Å²) in [7, 11) is 1.57. The highest BCUT2D eigenvalue weighted by Crippen LogP contribution is 1.77. The van der Waals surface area contributed by atoms with Crippen LogP contribution in [0.4, 0.5) is 0 Å². The molecule has 1 amide bonds. The van der Waals surface area contributed by atoms with Crippen LogP contribution >= 0.6 is 0 Å². The van der Waals surface area contributed by atoms with Crippen LogP contribution in [-0.4, -0.2) is 50.3 Å². The molecule has 0 rings (SSSR count). The van der Waals surface area contributed by atoms with E-state index in [1.54, 1.807) is 7.11 Å². The number of carbonyl (C=O) groups excluding carboxylic acids is 1. The van der Waals surface area contributed by atoms with E-state index in [9.17, 15) is 4.79 Å². The van der Waals surface area contributed by atoms with Gasteiger partial charge in [-0.15, -0.1) is 0 Å². The summed E-state index contributed by atoms with van der Waals surface area (Å²) in [6.07, 6.45) is 0.350. The molecule has 88 valence electrons. The van der Waals surface area contributed by atoms with E-state index in [2.05, 4.69) is 15.8 Å². The molecule has 0 fully saturated rings. The Hall–Kier alpha value is -1.34. The lowest BCUT2D eigenvalue weighted by molar-refractivity contribution is -0.121. The molecule has 0 aliphatic rings. The Morgan fingerprint density at radius 2 is 2.27 bits per heavy atom. The van der Waals surface area contributed by atoms with Crippen molar-refractivity contribution >= 4 is 11.7 Å². The van der Waals surface area contributed by atoms with Crippen molar-refractivity contribution in [3.63, 3.8) is 0 Å². The molecule has 7 nitrogen and oxygen atoms in total. The maximum Gasteiger partial charge on any atom is 0.221 e. The highest BCUT2D eigenvalue weighted by molar-refractivity contribution is 5.81. The van der Waals surface area contributed by atoms with Crippen LogP contribution in [0.3, 0.4) is 0 Å². The lowest BCUT2D eigenvalue weighted by atomic mass is 10.4. The third-order valence-corrected chi connectivity index (χ3v) is 1.59. The second kappa shape index (κ2) is 9.22. The molecule has 0 unspecified atom stereocenters. The van der Waals surface area contributed by atoms with Gasteiger partial charge in [-0.2, -0.15) is 0 Å². The Morgan fingerprint density at radius 3 is 2.87 bits per heavy atom. The van der Waals surface area contributed by atoms with Gasteiger partial charge in [-0.1, -0.05) is 5.16 Å².